The highest BCUT2D eigenvalue weighted by molar-refractivity contribution is 5.83. The van der Waals surface area contributed by atoms with Crippen LogP contribution < -0.4 is 5.32 Å². The Hall–Kier alpha value is -2.04. The summed E-state index contributed by atoms with van der Waals surface area (Å²) in [6, 6.07) is 8.09. The Morgan fingerprint density at radius 1 is 1.24 bits per heavy atom. The highest BCUT2D eigenvalue weighted by atomic mass is 16.4. The maximum Gasteiger partial charge on any atom is 0.326 e. The van der Waals surface area contributed by atoms with Crippen LogP contribution in [0.3, 0.4) is 0 Å². The second-order valence-electron chi connectivity index (χ2n) is 5.32. The number of benzene rings is 1. The molecule has 5 nitrogen and oxygen atoms in total. The fourth-order valence-electron chi connectivity index (χ4n) is 2.12. The van der Waals surface area contributed by atoms with Crippen LogP contribution in [0, 0.1) is 0 Å². The maximum absolute atomic E-state index is 12.2. The second-order valence-corrected chi connectivity index (χ2v) is 5.32. The van der Waals surface area contributed by atoms with Crippen molar-refractivity contribution in [2.24, 2.45) is 0 Å². The summed E-state index contributed by atoms with van der Waals surface area (Å²) in [5, 5.41) is 11.9. The molecule has 0 saturated carbocycles. The summed E-state index contributed by atoms with van der Waals surface area (Å²) in [7, 11) is 0. The molecule has 0 aliphatic rings. The molecule has 1 rings (SSSR count). The Kier molecular flexibility index (Phi) is 6.72. The standard InChI is InChI=1S/C16H24N2O3/c1-4-10-18(12(2)3)16(21)17-14(15(19)20)11-13-8-6-5-7-9-13/h5-9,12,14H,4,10-11H2,1-3H3,(H,17,21)(H,19,20). The van der Waals surface area contributed by atoms with Gasteiger partial charge in [0, 0.05) is 19.0 Å². The molecule has 0 bridgehead atoms. The van der Waals surface area contributed by atoms with Gasteiger partial charge in [-0.15, -0.1) is 0 Å². The van der Waals surface area contributed by atoms with Gasteiger partial charge >= 0.3 is 12.0 Å². The van der Waals surface area contributed by atoms with Crippen LogP contribution in [-0.4, -0.2) is 40.6 Å². The number of rotatable bonds is 7. The van der Waals surface area contributed by atoms with Crippen LogP contribution in [-0.2, 0) is 11.2 Å². The third-order valence-electron chi connectivity index (χ3n) is 3.23. The molecule has 0 aliphatic carbocycles. The number of nitrogens with one attached hydrogen (secondary N) is 1. The van der Waals surface area contributed by atoms with E-state index in [2.05, 4.69) is 5.32 Å². The molecule has 1 atom stereocenters. The summed E-state index contributed by atoms with van der Waals surface area (Å²) in [6.07, 6.45) is 1.11. The largest absolute Gasteiger partial charge is 0.480 e. The predicted octanol–water partition coefficient (Wildman–Crippen LogP) is 2.51. The number of carboxylic acids is 1. The first-order valence-electron chi connectivity index (χ1n) is 7.29. The number of carbonyl (C=O) groups is 2. The van der Waals surface area contributed by atoms with Crippen LogP contribution in [0.1, 0.15) is 32.8 Å². The first kappa shape index (κ1) is 17.0. The van der Waals surface area contributed by atoms with Gasteiger partial charge in [0.1, 0.15) is 6.04 Å². The van der Waals surface area contributed by atoms with Crippen LogP contribution in [0.5, 0.6) is 0 Å². The van der Waals surface area contributed by atoms with Gasteiger partial charge in [-0.2, -0.15) is 0 Å². The molecule has 1 unspecified atom stereocenters. The van der Waals surface area contributed by atoms with Crippen molar-refractivity contribution in [3.05, 3.63) is 35.9 Å². The van der Waals surface area contributed by atoms with Crippen molar-refractivity contribution in [1.82, 2.24) is 10.2 Å². The lowest BCUT2D eigenvalue weighted by Crippen LogP contribution is -2.51. The lowest BCUT2D eigenvalue weighted by atomic mass is 10.1. The van der Waals surface area contributed by atoms with E-state index in [9.17, 15) is 14.7 Å². The third-order valence-corrected chi connectivity index (χ3v) is 3.23. The fraction of sp³-hybridized carbons (Fsp3) is 0.500. The molecule has 2 N–H and O–H groups in total. The number of urea groups is 1. The molecule has 0 spiro atoms. The zero-order chi connectivity index (χ0) is 15.8. The minimum atomic E-state index is -1.02. The zero-order valence-electron chi connectivity index (χ0n) is 12.9. The van der Waals surface area contributed by atoms with E-state index < -0.39 is 12.0 Å². The SMILES string of the molecule is CCCN(C(=O)NC(Cc1ccccc1)C(=O)O)C(C)C. The Balaban J connectivity index is 2.74. The number of carboxylic acid groups (broad SMARTS) is 1. The van der Waals surface area contributed by atoms with Crippen molar-refractivity contribution >= 4 is 12.0 Å². The van der Waals surface area contributed by atoms with Gasteiger partial charge < -0.3 is 15.3 Å². The van der Waals surface area contributed by atoms with E-state index in [0.29, 0.717) is 6.54 Å². The van der Waals surface area contributed by atoms with Crippen LogP contribution in [0.2, 0.25) is 0 Å². The van der Waals surface area contributed by atoms with Gasteiger partial charge in [0.15, 0.2) is 0 Å². The number of nitrogens with zero attached hydrogens (tertiary/aromatic N) is 1. The van der Waals surface area contributed by atoms with E-state index in [-0.39, 0.29) is 18.5 Å². The summed E-state index contributed by atoms with van der Waals surface area (Å²) in [5.41, 5.74) is 0.886. The summed E-state index contributed by atoms with van der Waals surface area (Å²) in [5.74, 6) is -1.02. The summed E-state index contributed by atoms with van der Waals surface area (Å²) < 4.78 is 0. The third kappa shape index (κ3) is 5.45. The lowest BCUT2D eigenvalue weighted by Gasteiger charge is -2.28. The van der Waals surface area contributed by atoms with Gasteiger partial charge in [-0.1, -0.05) is 37.3 Å². The predicted molar refractivity (Wildman–Crippen MR) is 82.2 cm³/mol. The van der Waals surface area contributed by atoms with Crippen molar-refractivity contribution < 1.29 is 14.7 Å². The molecule has 21 heavy (non-hydrogen) atoms. The van der Waals surface area contributed by atoms with Gasteiger partial charge in [-0.25, -0.2) is 9.59 Å². The number of amides is 2. The van der Waals surface area contributed by atoms with Crippen molar-refractivity contribution in [2.75, 3.05) is 6.54 Å². The van der Waals surface area contributed by atoms with Crippen LogP contribution in [0.25, 0.3) is 0 Å². The fourth-order valence-corrected chi connectivity index (χ4v) is 2.12. The van der Waals surface area contributed by atoms with Gasteiger partial charge in [0.25, 0.3) is 0 Å². The molecule has 2 amide bonds. The van der Waals surface area contributed by atoms with Crippen LogP contribution in [0.15, 0.2) is 30.3 Å². The summed E-state index contributed by atoms with van der Waals surface area (Å²) in [6.45, 7) is 6.44. The Labute approximate surface area is 126 Å². The molecule has 5 heteroatoms. The molecule has 0 saturated heterocycles. The molecule has 1 aromatic rings. The van der Waals surface area contributed by atoms with E-state index in [1.807, 2.05) is 51.1 Å². The first-order valence-corrected chi connectivity index (χ1v) is 7.29. The van der Waals surface area contributed by atoms with Crippen LogP contribution >= 0.6 is 0 Å². The Morgan fingerprint density at radius 3 is 2.33 bits per heavy atom. The lowest BCUT2D eigenvalue weighted by molar-refractivity contribution is -0.139. The summed E-state index contributed by atoms with van der Waals surface area (Å²) >= 11 is 0. The van der Waals surface area contributed by atoms with Crippen LogP contribution in [0.4, 0.5) is 4.79 Å². The smallest absolute Gasteiger partial charge is 0.326 e. The average Bonchev–Trinajstić information content (AvgIpc) is 2.44. The number of hydrogen-bond donors (Lipinski definition) is 2. The van der Waals surface area contributed by atoms with Gasteiger partial charge in [0.2, 0.25) is 0 Å². The van der Waals surface area contributed by atoms with E-state index in [1.165, 1.54) is 0 Å². The molecule has 0 heterocycles. The summed E-state index contributed by atoms with van der Waals surface area (Å²) in [4.78, 5) is 25.2. The molecular weight excluding hydrogens is 268 g/mol. The minimum Gasteiger partial charge on any atom is -0.480 e. The molecular formula is C16H24N2O3. The zero-order valence-corrected chi connectivity index (χ0v) is 12.9. The number of hydrogen-bond acceptors (Lipinski definition) is 2. The van der Waals surface area contributed by atoms with Crippen molar-refractivity contribution in [3.63, 3.8) is 0 Å². The van der Waals surface area contributed by atoms with Gasteiger partial charge in [-0.05, 0) is 25.8 Å². The molecule has 0 aliphatic heterocycles. The normalized spacial score (nSPS) is 12.0. The number of aliphatic carboxylic acids is 1. The van der Waals surface area contributed by atoms with Gasteiger partial charge in [0.05, 0.1) is 0 Å². The maximum atomic E-state index is 12.2. The van der Waals surface area contributed by atoms with Crippen molar-refractivity contribution in [1.29, 1.82) is 0 Å². The topological polar surface area (TPSA) is 69.6 Å². The minimum absolute atomic E-state index is 0.0381. The highest BCUT2D eigenvalue weighted by Gasteiger charge is 2.24. The monoisotopic (exact) mass is 292 g/mol. The molecule has 1 aromatic carbocycles. The number of carbonyl (C=O) groups excluding carboxylic acids is 1. The second kappa shape index (κ2) is 8.29. The van der Waals surface area contributed by atoms with E-state index >= 15 is 0 Å². The van der Waals surface area contributed by atoms with Gasteiger partial charge in [-0.3, -0.25) is 0 Å². The Bertz CT molecular complexity index is 460. The van der Waals surface area contributed by atoms with E-state index in [0.717, 1.165) is 12.0 Å². The molecule has 0 aromatic heterocycles. The quantitative estimate of drug-likeness (QED) is 0.811. The average molecular weight is 292 g/mol. The highest BCUT2D eigenvalue weighted by Crippen LogP contribution is 2.06. The molecule has 0 fully saturated rings. The Morgan fingerprint density at radius 2 is 1.86 bits per heavy atom. The first-order chi connectivity index (χ1) is 9.95. The van der Waals surface area contributed by atoms with Crippen molar-refractivity contribution in [2.45, 2.75) is 45.7 Å². The van der Waals surface area contributed by atoms with Crippen molar-refractivity contribution in [3.8, 4) is 0 Å². The molecule has 116 valence electrons. The van der Waals surface area contributed by atoms with E-state index in [1.54, 1.807) is 4.90 Å². The van der Waals surface area contributed by atoms with E-state index in [4.69, 9.17) is 0 Å². The molecule has 0 radical (unpaired) electrons.